The van der Waals surface area contributed by atoms with Crippen LogP contribution in [0.2, 0.25) is 0 Å². The molecule has 0 aliphatic rings. The maximum Gasteiger partial charge on any atom is 0.314 e. The van der Waals surface area contributed by atoms with E-state index in [9.17, 15) is 4.79 Å². The second-order valence-corrected chi connectivity index (χ2v) is 5.38. The molecule has 6 heteroatoms. The molecule has 20 heavy (non-hydrogen) atoms. The second kappa shape index (κ2) is 7.09. The molecule has 0 radical (unpaired) electrons. The smallest absolute Gasteiger partial charge is 0.314 e. The molecule has 0 aromatic carbocycles. The molecule has 108 valence electrons. The molecule has 2 aromatic heterocycles. The summed E-state index contributed by atoms with van der Waals surface area (Å²) in [7, 11) is 0. The maximum atomic E-state index is 11.4. The van der Waals surface area contributed by atoms with Crippen molar-refractivity contribution < 1.29 is 9.21 Å². The van der Waals surface area contributed by atoms with E-state index in [1.54, 1.807) is 11.3 Å². The lowest BCUT2D eigenvalue weighted by Gasteiger charge is -2.05. The Kier molecular flexibility index (Phi) is 5.17. The van der Waals surface area contributed by atoms with Crippen LogP contribution >= 0.6 is 11.3 Å². The van der Waals surface area contributed by atoms with Crippen LogP contribution in [0.5, 0.6) is 0 Å². The van der Waals surface area contributed by atoms with Crippen LogP contribution in [0.4, 0.5) is 4.79 Å². The van der Waals surface area contributed by atoms with Gasteiger partial charge in [0.2, 0.25) is 5.89 Å². The molecule has 0 bridgehead atoms. The van der Waals surface area contributed by atoms with Gasteiger partial charge in [-0.05, 0) is 24.8 Å². The second-order valence-electron chi connectivity index (χ2n) is 4.43. The van der Waals surface area contributed by atoms with Gasteiger partial charge in [0, 0.05) is 19.5 Å². The monoisotopic (exact) mass is 293 g/mol. The zero-order valence-electron chi connectivity index (χ0n) is 11.7. The summed E-state index contributed by atoms with van der Waals surface area (Å²) >= 11 is 1.60. The quantitative estimate of drug-likeness (QED) is 0.860. The summed E-state index contributed by atoms with van der Waals surface area (Å²) in [6, 6.07) is 3.82. The van der Waals surface area contributed by atoms with E-state index in [0.29, 0.717) is 25.4 Å². The van der Waals surface area contributed by atoms with E-state index >= 15 is 0 Å². The molecule has 0 aliphatic heterocycles. The summed E-state index contributed by atoms with van der Waals surface area (Å²) in [5.41, 5.74) is 0.893. The Morgan fingerprint density at radius 1 is 1.40 bits per heavy atom. The Morgan fingerprint density at radius 2 is 2.20 bits per heavy atom. The maximum absolute atomic E-state index is 11.4. The third-order valence-corrected chi connectivity index (χ3v) is 3.67. The summed E-state index contributed by atoms with van der Waals surface area (Å²) in [5, 5.41) is 7.57. The number of oxazole rings is 1. The van der Waals surface area contributed by atoms with Crippen molar-refractivity contribution in [1.29, 1.82) is 0 Å². The van der Waals surface area contributed by atoms with Gasteiger partial charge in [-0.3, -0.25) is 0 Å². The van der Waals surface area contributed by atoms with Crippen molar-refractivity contribution in [3.8, 4) is 10.8 Å². The van der Waals surface area contributed by atoms with Gasteiger partial charge in [-0.1, -0.05) is 13.0 Å². The molecule has 0 saturated carbocycles. The van der Waals surface area contributed by atoms with Crippen molar-refractivity contribution in [3.05, 3.63) is 29.0 Å². The predicted molar refractivity (Wildman–Crippen MR) is 79.9 cm³/mol. The normalized spacial score (nSPS) is 10.5. The van der Waals surface area contributed by atoms with Gasteiger partial charge in [0.05, 0.1) is 10.6 Å². The summed E-state index contributed by atoms with van der Waals surface area (Å²) in [5.74, 6) is 1.46. The van der Waals surface area contributed by atoms with E-state index < -0.39 is 0 Å². The summed E-state index contributed by atoms with van der Waals surface area (Å²) in [6.45, 7) is 5.16. The van der Waals surface area contributed by atoms with E-state index in [1.165, 1.54) is 0 Å². The number of hydrogen-bond donors (Lipinski definition) is 2. The first-order chi connectivity index (χ1) is 9.70. The van der Waals surface area contributed by atoms with Gasteiger partial charge in [0.25, 0.3) is 0 Å². The summed E-state index contributed by atoms with van der Waals surface area (Å²) in [4.78, 5) is 16.9. The first kappa shape index (κ1) is 14.6. The average molecular weight is 293 g/mol. The van der Waals surface area contributed by atoms with E-state index in [1.807, 2.05) is 31.4 Å². The number of rotatable bonds is 6. The minimum Gasteiger partial charge on any atom is -0.440 e. The number of carbonyl (C=O) groups excluding carboxylic acids is 1. The van der Waals surface area contributed by atoms with Crippen LogP contribution in [-0.2, 0) is 6.42 Å². The van der Waals surface area contributed by atoms with E-state index in [4.69, 9.17) is 4.42 Å². The molecule has 0 saturated heterocycles. The fourth-order valence-electron chi connectivity index (χ4n) is 1.76. The average Bonchev–Trinajstić information content (AvgIpc) is 3.06. The van der Waals surface area contributed by atoms with Gasteiger partial charge in [0.15, 0.2) is 0 Å². The lowest BCUT2D eigenvalue weighted by molar-refractivity contribution is 0.241. The van der Waals surface area contributed by atoms with Gasteiger partial charge in [0.1, 0.15) is 5.76 Å². The van der Waals surface area contributed by atoms with E-state index in [2.05, 4.69) is 15.6 Å². The largest absolute Gasteiger partial charge is 0.440 e. The summed E-state index contributed by atoms with van der Waals surface area (Å²) in [6.07, 6.45) is 1.60. The number of amides is 2. The third-order valence-electron chi connectivity index (χ3n) is 2.81. The molecule has 2 N–H and O–H groups in total. The van der Waals surface area contributed by atoms with Crippen LogP contribution in [0.15, 0.2) is 21.9 Å². The molecule has 5 nitrogen and oxygen atoms in total. The fraction of sp³-hybridized carbons (Fsp3) is 0.429. The standard InChI is InChI=1S/C14H19N3O2S/c1-3-7-15-14(18)16-8-6-11-10(2)19-13(17-11)12-5-4-9-20-12/h4-5,9H,3,6-8H2,1-2H3,(H2,15,16,18). The molecule has 2 heterocycles. The number of hydrogen-bond acceptors (Lipinski definition) is 4. The van der Waals surface area contributed by atoms with Crippen molar-refractivity contribution in [2.45, 2.75) is 26.7 Å². The lowest BCUT2D eigenvalue weighted by atomic mass is 10.3. The minimum absolute atomic E-state index is 0.133. The van der Waals surface area contributed by atoms with Crippen molar-refractivity contribution in [2.75, 3.05) is 13.1 Å². The summed E-state index contributed by atoms with van der Waals surface area (Å²) < 4.78 is 5.65. The molecule has 2 aromatic rings. The lowest BCUT2D eigenvalue weighted by Crippen LogP contribution is -2.36. The van der Waals surface area contributed by atoms with E-state index in [-0.39, 0.29) is 6.03 Å². The molecule has 0 unspecified atom stereocenters. The zero-order valence-corrected chi connectivity index (χ0v) is 12.5. The third kappa shape index (κ3) is 3.84. The first-order valence-electron chi connectivity index (χ1n) is 6.72. The van der Waals surface area contributed by atoms with Gasteiger partial charge >= 0.3 is 6.03 Å². The Balaban J connectivity index is 1.86. The number of nitrogens with one attached hydrogen (secondary N) is 2. The molecular weight excluding hydrogens is 274 g/mol. The number of aryl methyl sites for hydroxylation is 1. The van der Waals surface area contributed by atoms with Gasteiger partial charge < -0.3 is 15.1 Å². The fourth-order valence-corrected chi connectivity index (χ4v) is 2.41. The Labute approximate surface area is 122 Å². The highest BCUT2D eigenvalue weighted by atomic mass is 32.1. The predicted octanol–water partition coefficient (Wildman–Crippen LogP) is 2.96. The van der Waals surface area contributed by atoms with Crippen LogP contribution in [0.3, 0.4) is 0 Å². The molecule has 0 aliphatic carbocycles. The first-order valence-corrected chi connectivity index (χ1v) is 7.60. The molecular formula is C14H19N3O2S. The van der Waals surface area contributed by atoms with Gasteiger partial charge in [-0.2, -0.15) is 0 Å². The minimum atomic E-state index is -0.133. The van der Waals surface area contributed by atoms with Crippen molar-refractivity contribution >= 4 is 17.4 Å². The van der Waals surface area contributed by atoms with Crippen molar-refractivity contribution in [2.24, 2.45) is 0 Å². The molecule has 0 fully saturated rings. The topological polar surface area (TPSA) is 67.2 Å². The van der Waals surface area contributed by atoms with Crippen LogP contribution in [-0.4, -0.2) is 24.1 Å². The van der Waals surface area contributed by atoms with Gasteiger partial charge in [-0.25, -0.2) is 9.78 Å². The van der Waals surface area contributed by atoms with Crippen LogP contribution < -0.4 is 10.6 Å². The van der Waals surface area contributed by atoms with Crippen LogP contribution in [0.1, 0.15) is 24.8 Å². The van der Waals surface area contributed by atoms with Crippen LogP contribution in [0.25, 0.3) is 10.8 Å². The zero-order chi connectivity index (χ0) is 14.4. The van der Waals surface area contributed by atoms with Gasteiger partial charge in [-0.15, -0.1) is 11.3 Å². The molecule has 0 spiro atoms. The number of thiophene rings is 1. The molecule has 2 rings (SSSR count). The Hall–Kier alpha value is -1.82. The SMILES string of the molecule is CCCNC(=O)NCCc1nc(-c2cccs2)oc1C. The number of carbonyl (C=O) groups is 1. The molecule has 0 atom stereocenters. The Bertz CT molecular complexity index is 549. The highest BCUT2D eigenvalue weighted by Gasteiger charge is 2.12. The Morgan fingerprint density at radius 3 is 2.90 bits per heavy atom. The van der Waals surface area contributed by atoms with Crippen molar-refractivity contribution in [1.82, 2.24) is 15.6 Å². The number of urea groups is 1. The molecule has 2 amide bonds. The highest BCUT2D eigenvalue weighted by Crippen LogP contribution is 2.25. The van der Waals surface area contributed by atoms with Crippen LogP contribution in [0, 0.1) is 6.92 Å². The number of aromatic nitrogens is 1. The number of nitrogens with zero attached hydrogens (tertiary/aromatic N) is 1. The highest BCUT2D eigenvalue weighted by molar-refractivity contribution is 7.13. The van der Waals surface area contributed by atoms with Crippen molar-refractivity contribution in [3.63, 3.8) is 0 Å². The van der Waals surface area contributed by atoms with E-state index in [0.717, 1.165) is 22.8 Å².